The van der Waals surface area contributed by atoms with Gasteiger partial charge in [-0.2, -0.15) is 13.2 Å². The Morgan fingerprint density at radius 3 is 2.59 bits per heavy atom. The fourth-order valence-corrected chi connectivity index (χ4v) is 1.78. The number of halogens is 4. The molecule has 3 nitrogen and oxygen atoms in total. The van der Waals surface area contributed by atoms with Crippen molar-refractivity contribution in [3.8, 4) is 0 Å². The number of rotatable bonds is 1. The maximum atomic E-state index is 12.5. The van der Waals surface area contributed by atoms with Gasteiger partial charge in [0.25, 0.3) is 0 Å². The number of nitrogens with one attached hydrogen (secondary N) is 1. The fourth-order valence-electron chi connectivity index (χ4n) is 1.54. The van der Waals surface area contributed by atoms with Crippen molar-refractivity contribution in [1.82, 2.24) is 5.32 Å². The van der Waals surface area contributed by atoms with Crippen LogP contribution in [-0.4, -0.2) is 12.7 Å². The van der Waals surface area contributed by atoms with E-state index in [2.05, 4.69) is 10.1 Å². The minimum atomic E-state index is -4.47. The van der Waals surface area contributed by atoms with Crippen LogP contribution < -0.4 is 5.32 Å². The second-order valence-corrected chi connectivity index (χ2v) is 4.00. The second kappa shape index (κ2) is 4.10. The molecular weight excluding hydrogens is 259 g/mol. The van der Waals surface area contributed by atoms with Gasteiger partial charge in [-0.25, -0.2) is 4.79 Å². The van der Waals surface area contributed by atoms with Crippen LogP contribution in [0.4, 0.5) is 18.0 Å². The van der Waals surface area contributed by atoms with Crippen molar-refractivity contribution in [3.63, 3.8) is 0 Å². The Bertz CT molecular complexity index is 461. The third kappa shape index (κ3) is 2.63. The van der Waals surface area contributed by atoms with E-state index in [4.69, 9.17) is 11.6 Å². The zero-order chi connectivity index (χ0) is 12.6. The van der Waals surface area contributed by atoms with Crippen LogP contribution in [0.2, 0.25) is 5.02 Å². The molecule has 0 aromatic heterocycles. The first-order valence-corrected chi connectivity index (χ1v) is 5.05. The van der Waals surface area contributed by atoms with Gasteiger partial charge in [0.15, 0.2) is 0 Å². The zero-order valence-electron chi connectivity index (χ0n) is 8.34. The lowest BCUT2D eigenvalue weighted by atomic mass is 10.0. The largest absolute Gasteiger partial charge is 0.447 e. The first-order chi connectivity index (χ1) is 7.86. The summed E-state index contributed by atoms with van der Waals surface area (Å²) in [4.78, 5) is 10.8. The number of hydrogen-bond acceptors (Lipinski definition) is 2. The zero-order valence-corrected chi connectivity index (χ0v) is 9.10. The monoisotopic (exact) mass is 265 g/mol. The molecule has 7 heteroatoms. The van der Waals surface area contributed by atoms with Gasteiger partial charge in [-0.05, 0) is 23.8 Å². The van der Waals surface area contributed by atoms with Gasteiger partial charge >= 0.3 is 12.3 Å². The number of ether oxygens (including phenoxy) is 1. The molecule has 1 heterocycles. The van der Waals surface area contributed by atoms with Crippen molar-refractivity contribution in [2.45, 2.75) is 12.2 Å². The number of cyclic esters (lactones) is 1. The molecule has 1 amide bonds. The van der Waals surface area contributed by atoms with Crippen LogP contribution in [0, 0.1) is 0 Å². The lowest BCUT2D eigenvalue weighted by molar-refractivity contribution is -0.137. The molecule has 1 aliphatic heterocycles. The Kier molecular flexibility index (Phi) is 2.91. The molecule has 17 heavy (non-hydrogen) atoms. The predicted molar refractivity (Wildman–Crippen MR) is 53.7 cm³/mol. The Labute approximate surface area is 99.5 Å². The van der Waals surface area contributed by atoms with Crippen LogP contribution in [-0.2, 0) is 10.9 Å². The normalized spacial score (nSPS) is 20.0. The van der Waals surface area contributed by atoms with Crippen molar-refractivity contribution in [2.24, 2.45) is 0 Å². The Morgan fingerprint density at radius 1 is 1.35 bits per heavy atom. The summed E-state index contributed by atoms with van der Waals surface area (Å²) in [7, 11) is 0. The van der Waals surface area contributed by atoms with E-state index in [1.807, 2.05) is 0 Å². The maximum absolute atomic E-state index is 12.5. The highest BCUT2D eigenvalue weighted by atomic mass is 35.5. The van der Waals surface area contributed by atoms with E-state index in [0.717, 1.165) is 12.1 Å². The summed E-state index contributed by atoms with van der Waals surface area (Å²) in [6.07, 6.45) is -5.12. The third-order valence-electron chi connectivity index (χ3n) is 2.32. The van der Waals surface area contributed by atoms with Crippen molar-refractivity contribution in [3.05, 3.63) is 34.3 Å². The van der Waals surface area contributed by atoms with Crippen LogP contribution in [0.1, 0.15) is 17.2 Å². The molecule has 1 fully saturated rings. The summed E-state index contributed by atoms with van der Waals surface area (Å²) in [5, 5.41) is 2.36. The van der Waals surface area contributed by atoms with Gasteiger partial charge < -0.3 is 10.1 Å². The highest BCUT2D eigenvalue weighted by molar-refractivity contribution is 6.30. The van der Waals surface area contributed by atoms with E-state index in [1.165, 1.54) is 6.07 Å². The third-order valence-corrected chi connectivity index (χ3v) is 2.54. The Hall–Kier alpha value is -1.43. The number of alkyl halides is 3. The summed E-state index contributed by atoms with van der Waals surface area (Å²) in [5.74, 6) is 0. The summed E-state index contributed by atoms with van der Waals surface area (Å²) >= 11 is 5.62. The molecule has 1 saturated heterocycles. The molecule has 1 aromatic rings. The van der Waals surface area contributed by atoms with Gasteiger partial charge in [0.05, 0.1) is 11.6 Å². The van der Waals surface area contributed by atoms with E-state index in [0.29, 0.717) is 0 Å². The molecule has 2 rings (SSSR count). The molecule has 1 aromatic carbocycles. The van der Waals surface area contributed by atoms with Gasteiger partial charge in [-0.3, -0.25) is 0 Å². The van der Waals surface area contributed by atoms with Gasteiger partial charge in [0.1, 0.15) is 6.61 Å². The first kappa shape index (κ1) is 12.0. The fraction of sp³-hybridized carbons (Fsp3) is 0.300. The molecule has 92 valence electrons. The van der Waals surface area contributed by atoms with Crippen LogP contribution in [0.3, 0.4) is 0 Å². The highest BCUT2D eigenvalue weighted by Gasteiger charge is 2.33. The number of carbonyl (C=O) groups is 1. The van der Waals surface area contributed by atoms with Crippen molar-refractivity contribution in [2.75, 3.05) is 6.61 Å². The number of alkyl carbamates (subject to hydrolysis) is 1. The first-order valence-electron chi connectivity index (χ1n) is 4.67. The molecule has 0 radical (unpaired) electrons. The number of carbonyl (C=O) groups excluding carboxylic acids is 1. The van der Waals surface area contributed by atoms with Crippen molar-refractivity contribution in [1.29, 1.82) is 0 Å². The van der Waals surface area contributed by atoms with Crippen molar-refractivity contribution >= 4 is 17.7 Å². The molecule has 1 unspecified atom stereocenters. The quantitative estimate of drug-likeness (QED) is 0.847. The lowest BCUT2D eigenvalue weighted by Gasteiger charge is -2.12. The highest BCUT2D eigenvalue weighted by Crippen LogP contribution is 2.33. The molecule has 0 saturated carbocycles. The van der Waals surface area contributed by atoms with Crippen LogP contribution in [0.15, 0.2) is 18.2 Å². The Morgan fingerprint density at radius 2 is 2.06 bits per heavy atom. The number of amides is 1. The van der Waals surface area contributed by atoms with Crippen molar-refractivity contribution < 1.29 is 22.7 Å². The predicted octanol–water partition coefficient (Wildman–Crippen LogP) is 3.14. The van der Waals surface area contributed by atoms with Gasteiger partial charge in [-0.15, -0.1) is 0 Å². The van der Waals surface area contributed by atoms with Crippen LogP contribution in [0.25, 0.3) is 0 Å². The van der Waals surface area contributed by atoms with Gasteiger partial charge in [0.2, 0.25) is 0 Å². The summed E-state index contributed by atoms with van der Waals surface area (Å²) < 4.78 is 42.2. The topological polar surface area (TPSA) is 38.3 Å². The molecule has 0 spiro atoms. The molecule has 1 atom stereocenters. The average Bonchev–Trinajstić information content (AvgIpc) is 2.62. The number of hydrogen-bond donors (Lipinski definition) is 1. The average molecular weight is 266 g/mol. The maximum Gasteiger partial charge on any atom is 0.416 e. The summed E-state index contributed by atoms with van der Waals surface area (Å²) in [6.45, 7) is -0.00350. The molecule has 0 aliphatic carbocycles. The van der Waals surface area contributed by atoms with Gasteiger partial charge in [-0.1, -0.05) is 11.6 Å². The molecule has 1 aliphatic rings. The lowest BCUT2D eigenvalue weighted by Crippen LogP contribution is -2.19. The van der Waals surface area contributed by atoms with E-state index < -0.39 is 23.9 Å². The molecule has 1 N–H and O–H groups in total. The standard InChI is InChI=1S/C10H7ClF3NO2/c11-7-2-5(8-4-17-9(16)15-8)1-6(3-7)10(12,13)14/h1-3,8H,4H2,(H,15,16). The Balaban J connectivity index is 2.35. The molecule has 0 bridgehead atoms. The minimum Gasteiger partial charge on any atom is -0.447 e. The summed E-state index contributed by atoms with van der Waals surface area (Å²) in [5.41, 5.74) is -0.572. The van der Waals surface area contributed by atoms with E-state index >= 15 is 0 Å². The van der Waals surface area contributed by atoms with E-state index in [9.17, 15) is 18.0 Å². The van der Waals surface area contributed by atoms with E-state index in [-0.39, 0.29) is 17.2 Å². The number of benzene rings is 1. The minimum absolute atomic E-state index is 0.00350. The smallest absolute Gasteiger partial charge is 0.416 e. The second-order valence-electron chi connectivity index (χ2n) is 3.57. The van der Waals surface area contributed by atoms with Crippen LogP contribution in [0.5, 0.6) is 0 Å². The molecular formula is C10H7ClF3NO2. The van der Waals surface area contributed by atoms with Crippen LogP contribution >= 0.6 is 11.6 Å². The summed E-state index contributed by atoms with van der Waals surface area (Å²) in [6, 6.07) is 2.56. The van der Waals surface area contributed by atoms with Gasteiger partial charge in [0, 0.05) is 5.02 Å². The SMILES string of the molecule is O=C1NC(c2cc(Cl)cc(C(F)(F)F)c2)CO1. The van der Waals surface area contributed by atoms with E-state index in [1.54, 1.807) is 0 Å².